The summed E-state index contributed by atoms with van der Waals surface area (Å²) in [4.78, 5) is 23.4. The van der Waals surface area contributed by atoms with E-state index in [1.807, 2.05) is 42.8 Å². The van der Waals surface area contributed by atoms with Crippen LogP contribution in [0.4, 0.5) is 11.4 Å². The van der Waals surface area contributed by atoms with Gasteiger partial charge in [-0.15, -0.1) is 0 Å². The molecule has 4 aromatic rings. The number of halogens is 1. The lowest BCUT2D eigenvalue weighted by Crippen LogP contribution is -2.15. The first-order valence-corrected chi connectivity index (χ1v) is 10.7. The molecular formula is C23H21ClN6O4. The third-order valence-electron chi connectivity index (χ3n) is 5.15. The van der Waals surface area contributed by atoms with Gasteiger partial charge in [-0.25, -0.2) is 4.68 Å². The van der Waals surface area contributed by atoms with E-state index in [9.17, 15) is 14.9 Å². The van der Waals surface area contributed by atoms with Crippen molar-refractivity contribution in [2.45, 2.75) is 27.1 Å². The van der Waals surface area contributed by atoms with Crippen LogP contribution in [0.1, 0.15) is 27.4 Å². The Morgan fingerprint density at radius 2 is 1.85 bits per heavy atom. The van der Waals surface area contributed by atoms with Crippen molar-refractivity contribution in [2.75, 3.05) is 5.32 Å². The van der Waals surface area contributed by atoms with Crippen LogP contribution in [0.15, 0.2) is 60.8 Å². The fraction of sp³-hybridized carbons (Fsp3) is 0.174. The minimum absolute atomic E-state index is 0.0881. The molecule has 2 heterocycles. The highest BCUT2D eigenvalue weighted by Gasteiger charge is 2.18. The molecule has 0 unspecified atom stereocenters. The topological polar surface area (TPSA) is 117 Å². The number of nitrogens with one attached hydrogen (secondary N) is 1. The summed E-state index contributed by atoms with van der Waals surface area (Å²) in [5.41, 5.74) is 3.17. The lowest BCUT2D eigenvalue weighted by atomic mass is 10.2. The molecule has 1 N–H and O–H groups in total. The molecule has 0 fully saturated rings. The van der Waals surface area contributed by atoms with E-state index in [0.29, 0.717) is 22.9 Å². The summed E-state index contributed by atoms with van der Waals surface area (Å²) in [5, 5.41) is 23.4. The predicted octanol–water partition coefficient (Wildman–Crippen LogP) is 4.60. The molecule has 2 aromatic carbocycles. The number of amides is 1. The molecule has 2 aromatic heterocycles. The van der Waals surface area contributed by atoms with Crippen LogP contribution >= 0.6 is 11.6 Å². The van der Waals surface area contributed by atoms with Gasteiger partial charge in [0.1, 0.15) is 0 Å². The zero-order chi connectivity index (χ0) is 24.2. The molecule has 11 heteroatoms. The minimum Gasteiger partial charge on any atom is -0.464 e. The molecule has 0 radical (unpaired) electrons. The highest BCUT2D eigenvalue weighted by atomic mass is 35.5. The number of hydrogen-bond donors (Lipinski definition) is 1. The normalized spacial score (nSPS) is 10.8. The summed E-state index contributed by atoms with van der Waals surface area (Å²) in [6.07, 6.45) is 1.56. The minimum atomic E-state index is -0.519. The summed E-state index contributed by atoms with van der Waals surface area (Å²) in [6.45, 7) is 4.15. The number of benzene rings is 2. The van der Waals surface area contributed by atoms with Crippen molar-refractivity contribution < 1.29 is 14.5 Å². The van der Waals surface area contributed by atoms with Crippen LogP contribution in [0.25, 0.3) is 0 Å². The summed E-state index contributed by atoms with van der Waals surface area (Å²) < 4.78 is 8.70. The largest absolute Gasteiger partial charge is 0.464 e. The molecule has 34 heavy (non-hydrogen) atoms. The Morgan fingerprint density at radius 1 is 1.12 bits per heavy atom. The second-order valence-electron chi connectivity index (χ2n) is 7.52. The van der Waals surface area contributed by atoms with Crippen molar-refractivity contribution in [3.05, 3.63) is 98.6 Å². The molecule has 0 saturated carbocycles. The molecule has 0 aliphatic carbocycles. The Bertz CT molecular complexity index is 1350. The summed E-state index contributed by atoms with van der Waals surface area (Å²) in [6, 6.07) is 15.1. The average molecular weight is 481 g/mol. The molecule has 1 amide bonds. The Kier molecular flexibility index (Phi) is 6.60. The molecule has 4 rings (SSSR count). The van der Waals surface area contributed by atoms with E-state index in [4.69, 9.17) is 16.3 Å². The van der Waals surface area contributed by atoms with Gasteiger partial charge in [0.05, 0.1) is 28.5 Å². The SMILES string of the molecule is Cc1nn(Cc2ccc(Cl)cc2)c(C)c1NC(=O)c1ccn(COc2ccccc2[N+](=O)[O-])n1. The molecule has 174 valence electrons. The zero-order valence-corrected chi connectivity index (χ0v) is 19.2. The maximum absolute atomic E-state index is 12.8. The number of anilines is 1. The van der Waals surface area contributed by atoms with Gasteiger partial charge in [0.2, 0.25) is 0 Å². The second kappa shape index (κ2) is 9.75. The summed E-state index contributed by atoms with van der Waals surface area (Å²) in [7, 11) is 0. The van der Waals surface area contributed by atoms with E-state index >= 15 is 0 Å². The van der Waals surface area contributed by atoms with E-state index in [-0.39, 0.29) is 23.9 Å². The fourth-order valence-corrected chi connectivity index (χ4v) is 3.52. The van der Waals surface area contributed by atoms with Crippen molar-refractivity contribution in [3.8, 4) is 5.75 Å². The highest BCUT2D eigenvalue weighted by Crippen LogP contribution is 2.26. The maximum Gasteiger partial charge on any atom is 0.311 e. The summed E-state index contributed by atoms with van der Waals surface area (Å²) in [5.74, 6) is -0.282. The van der Waals surface area contributed by atoms with Crippen LogP contribution < -0.4 is 10.1 Å². The third kappa shape index (κ3) is 5.07. The number of para-hydroxylation sites is 2. The number of aromatic nitrogens is 4. The smallest absolute Gasteiger partial charge is 0.311 e. The Balaban J connectivity index is 1.42. The van der Waals surface area contributed by atoms with E-state index < -0.39 is 10.8 Å². The van der Waals surface area contributed by atoms with Crippen molar-refractivity contribution in [3.63, 3.8) is 0 Å². The van der Waals surface area contributed by atoms with Crippen LogP contribution in [0, 0.1) is 24.0 Å². The van der Waals surface area contributed by atoms with Gasteiger partial charge in [0.15, 0.2) is 18.2 Å². The van der Waals surface area contributed by atoms with Crippen LogP contribution in [0.5, 0.6) is 5.75 Å². The molecule has 0 aliphatic heterocycles. The molecule has 0 saturated heterocycles. The molecular weight excluding hydrogens is 460 g/mol. The number of nitro benzene ring substituents is 1. The van der Waals surface area contributed by atoms with Crippen LogP contribution in [-0.2, 0) is 13.3 Å². The Hall–Kier alpha value is -4.18. The molecule has 0 atom stereocenters. The van der Waals surface area contributed by atoms with E-state index in [0.717, 1.165) is 11.3 Å². The van der Waals surface area contributed by atoms with Gasteiger partial charge in [0, 0.05) is 17.3 Å². The maximum atomic E-state index is 12.8. The van der Waals surface area contributed by atoms with Gasteiger partial charge in [-0.05, 0) is 43.7 Å². The molecule has 0 bridgehead atoms. The quantitative estimate of drug-likeness (QED) is 0.291. The number of rotatable bonds is 8. The predicted molar refractivity (Wildman–Crippen MR) is 126 cm³/mol. The Labute approximate surface area is 199 Å². The van der Waals surface area contributed by atoms with Crippen LogP contribution in [-0.4, -0.2) is 30.4 Å². The van der Waals surface area contributed by atoms with Crippen molar-refractivity contribution in [1.82, 2.24) is 19.6 Å². The van der Waals surface area contributed by atoms with Gasteiger partial charge in [-0.2, -0.15) is 10.2 Å². The number of carbonyl (C=O) groups excluding carboxylic acids is 1. The number of hydrogen-bond acceptors (Lipinski definition) is 6. The van der Waals surface area contributed by atoms with E-state index in [2.05, 4.69) is 15.5 Å². The van der Waals surface area contributed by atoms with Gasteiger partial charge in [-0.1, -0.05) is 35.9 Å². The first-order valence-electron chi connectivity index (χ1n) is 10.3. The number of carbonyl (C=O) groups is 1. The molecule has 0 aliphatic rings. The molecule has 0 spiro atoms. The zero-order valence-electron chi connectivity index (χ0n) is 18.4. The van der Waals surface area contributed by atoms with Gasteiger partial charge >= 0.3 is 5.69 Å². The van der Waals surface area contributed by atoms with Crippen molar-refractivity contribution >= 4 is 28.9 Å². The number of ether oxygens (including phenoxy) is 1. The lowest BCUT2D eigenvalue weighted by Gasteiger charge is -2.07. The third-order valence-corrected chi connectivity index (χ3v) is 5.41. The monoisotopic (exact) mass is 480 g/mol. The fourth-order valence-electron chi connectivity index (χ4n) is 3.39. The standard InChI is InChI=1S/C23H21ClN6O4/c1-15-22(16(2)29(26-15)13-17-7-9-18(24)10-8-17)25-23(31)19-11-12-28(27-19)14-34-21-6-4-3-5-20(21)30(32)33/h3-12H,13-14H2,1-2H3,(H,25,31). The summed E-state index contributed by atoms with van der Waals surface area (Å²) >= 11 is 5.95. The number of nitrogens with zero attached hydrogens (tertiary/aromatic N) is 5. The average Bonchev–Trinajstić information content (AvgIpc) is 3.40. The van der Waals surface area contributed by atoms with Gasteiger partial charge < -0.3 is 10.1 Å². The van der Waals surface area contributed by atoms with Crippen molar-refractivity contribution in [1.29, 1.82) is 0 Å². The van der Waals surface area contributed by atoms with Crippen LogP contribution in [0.2, 0.25) is 5.02 Å². The van der Waals surface area contributed by atoms with Gasteiger partial charge in [0.25, 0.3) is 5.91 Å². The van der Waals surface area contributed by atoms with Crippen LogP contribution in [0.3, 0.4) is 0 Å². The van der Waals surface area contributed by atoms with Gasteiger partial charge in [-0.3, -0.25) is 19.6 Å². The van der Waals surface area contributed by atoms with E-state index in [1.54, 1.807) is 24.4 Å². The number of nitro groups is 1. The van der Waals surface area contributed by atoms with E-state index in [1.165, 1.54) is 16.8 Å². The lowest BCUT2D eigenvalue weighted by molar-refractivity contribution is -0.386. The first kappa shape index (κ1) is 23.0. The van der Waals surface area contributed by atoms with Crippen molar-refractivity contribution in [2.24, 2.45) is 0 Å². The second-order valence-corrected chi connectivity index (χ2v) is 7.96. The first-order chi connectivity index (χ1) is 16.3. The highest BCUT2D eigenvalue weighted by molar-refractivity contribution is 6.30. The number of aryl methyl sites for hydroxylation is 1. The molecule has 10 nitrogen and oxygen atoms in total. The Morgan fingerprint density at radius 3 is 2.59 bits per heavy atom.